The van der Waals surface area contributed by atoms with Gasteiger partial charge in [-0.25, -0.2) is 12.8 Å². The number of carbonyl (C=O) groups excluding carboxylic acids is 1. The van der Waals surface area contributed by atoms with Crippen LogP contribution in [0.1, 0.15) is 27.9 Å². The van der Waals surface area contributed by atoms with E-state index in [2.05, 4.69) is 0 Å². The summed E-state index contributed by atoms with van der Waals surface area (Å²) >= 11 is 0. The molecule has 0 radical (unpaired) electrons. The van der Waals surface area contributed by atoms with Crippen LogP contribution in [0.3, 0.4) is 0 Å². The van der Waals surface area contributed by atoms with Crippen LogP contribution in [-0.2, 0) is 10.0 Å². The lowest BCUT2D eigenvalue weighted by Crippen LogP contribution is -2.37. The highest BCUT2D eigenvalue weighted by atomic mass is 32.2. The first-order valence-electron chi connectivity index (χ1n) is 8.92. The lowest BCUT2D eigenvalue weighted by atomic mass is 10.0. The van der Waals surface area contributed by atoms with Crippen LogP contribution in [0, 0.1) is 19.7 Å². The van der Waals surface area contributed by atoms with Crippen molar-refractivity contribution in [1.29, 1.82) is 0 Å². The van der Waals surface area contributed by atoms with Gasteiger partial charge in [0.05, 0.1) is 4.90 Å². The quantitative estimate of drug-likeness (QED) is 0.810. The van der Waals surface area contributed by atoms with Crippen LogP contribution in [0.15, 0.2) is 47.4 Å². The molecule has 1 fully saturated rings. The molecule has 0 unspecified atom stereocenters. The number of hydrogen-bond donors (Lipinski definition) is 0. The largest absolute Gasteiger partial charge is 0.337 e. The van der Waals surface area contributed by atoms with Gasteiger partial charge in [-0.15, -0.1) is 0 Å². The van der Waals surface area contributed by atoms with Gasteiger partial charge in [0, 0.05) is 31.7 Å². The van der Waals surface area contributed by atoms with Crippen molar-refractivity contribution in [2.24, 2.45) is 0 Å². The maximum Gasteiger partial charge on any atom is 0.254 e. The molecule has 27 heavy (non-hydrogen) atoms. The van der Waals surface area contributed by atoms with Crippen molar-refractivity contribution >= 4 is 15.9 Å². The molecule has 3 rings (SSSR count). The molecule has 0 aromatic heterocycles. The third-order valence-electron chi connectivity index (χ3n) is 5.03. The van der Waals surface area contributed by atoms with Crippen LogP contribution in [-0.4, -0.2) is 49.7 Å². The molecule has 1 aliphatic rings. The number of aryl methyl sites for hydroxylation is 1. The molecular formula is C20H23FN2O3S. The fraction of sp³-hybridized carbons (Fsp3) is 0.350. The molecule has 1 aliphatic heterocycles. The zero-order chi connectivity index (χ0) is 19.6. The summed E-state index contributed by atoms with van der Waals surface area (Å²) in [6.45, 7) is 5.26. The van der Waals surface area contributed by atoms with Gasteiger partial charge in [0.1, 0.15) is 5.82 Å². The molecule has 1 amide bonds. The van der Waals surface area contributed by atoms with E-state index in [-0.39, 0.29) is 17.3 Å². The fourth-order valence-electron chi connectivity index (χ4n) is 3.25. The number of nitrogens with zero attached hydrogens (tertiary/aromatic N) is 2. The van der Waals surface area contributed by atoms with Crippen LogP contribution in [0.4, 0.5) is 4.39 Å². The molecule has 0 bridgehead atoms. The molecule has 7 heteroatoms. The summed E-state index contributed by atoms with van der Waals surface area (Å²) in [5.74, 6) is -0.549. The van der Waals surface area contributed by atoms with E-state index in [0.29, 0.717) is 31.6 Å². The smallest absolute Gasteiger partial charge is 0.254 e. The van der Waals surface area contributed by atoms with E-state index in [4.69, 9.17) is 0 Å². The van der Waals surface area contributed by atoms with E-state index in [9.17, 15) is 17.6 Å². The predicted octanol–water partition coefficient (Wildman–Crippen LogP) is 2.98. The monoisotopic (exact) mass is 390 g/mol. The summed E-state index contributed by atoms with van der Waals surface area (Å²) < 4.78 is 40.1. The Balaban J connectivity index is 1.76. The van der Waals surface area contributed by atoms with E-state index in [1.54, 1.807) is 4.90 Å². The van der Waals surface area contributed by atoms with Gasteiger partial charge in [-0.3, -0.25) is 4.79 Å². The van der Waals surface area contributed by atoms with Gasteiger partial charge < -0.3 is 4.90 Å². The molecule has 5 nitrogen and oxygen atoms in total. The van der Waals surface area contributed by atoms with Crippen molar-refractivity contribution in [2.45, 2.75) is 25.2 Å². The van der Waals surface area contributed by atoms with E-state index >= 15 is 0 Å². The summed E-state index contributed by atoms with van der Waals surface area (Å²) in [6, 6.07) is 10.5. The third kappa shape index (κ3) is 4.04. The first-order chi connectivity index (χ1) is 12.8. The van der Waals surface area contributed by atoms with E-state index in [0.717, 1.165) is 23.3 Å². The number of halogens is 1. The summed E-state index contributed by atoms with van der Waals surface area (Å²) in [7, 11) is -3.70. The van der Waals surface area contributed by atoms with E-state index < -0.39 is 15.8 Å². The van der Waals surface area contributed by atoms with Gasteiger partial charge in [-0.2, -0.15) is 4.31 Å². The fourth-order valence-corrected chi connectivity index (χ4v) is 4.72. The van der Waals surface area contributed by atoms with Gasteiger partial charge >= 0.3 is 0 Å². The van der Waals surface area contributed by atoms with Crippen molar-refractivity contribution in [2.75, 3.05) is 26.2 Å². The molecule has 0 aliphatic carbocycles. The highest BCUT2D eigenvalue weighted by Crippen LogP contribution is 2.20. The summed E-state index contributed by atoms with van der Waals surface area (Å²) in [4.78, 5) is 14.7. The third-order valence-corrected chi connectivity index (χ3v) is 6.94. The van der Waals surface area contributed by atoms with Gasteiger partial charge in [0.2, 0.25) is 10.0 Å². The Morgan fingerprint density at radius 2 is 1.67 bits per heavy atom. The number of hydrogen-bond acceptors (Lipinski definition) is 3. The number of rotatable bonds is 3. The van der Waals surface area contributed by atoms with E-state index in [1.807, 2.05) is 32.0 Å². The van der Waals surface area contributed by atoms with Gasteiger partial charge in [0.15, 0.2) is 0 Å². The second kappa shape index (κ2) is 7.78. The molecule has 0 saturated carbocycles. The zero-order valence-electron chi connectivity index (χ0n) is 15.5. The Hall–Kier alpha value is -2.25. The lowest BCUT2D eigenvalue weighted by molar-refractivity contribution is 0.0763. The lowest BCUT2D eigenvalue weighted by Gasteiger charge is -2.23. The molecule has 144 valence electrons. The number of amides is 1. The molecule has 0 spiro atoms. The van der Waals surface area contributed by atoms with Crippen molar-refractivity contribution in [1.82, 2.24) is 9.21 Å². The first kappa shape index (κ1) is 19.5. The zero-order valence-corrected chi connectivity index (χ0v) is 16.3. The van der Waals surface area contributed by atoms with Crippen molar-refractivity contribution < 1.29 is 17.6 Å². The van der Waals surface area contributed by atoms with E-state index in [1.165, 1.54) is 16.4 Å². The summed E-state index contributed by atoms with van der Waals surface area (Å²) in [6.07, 6.45) is 0.553. The Morgan fingerprint density at radius 3 is 2.37 bits per heavy atom. The molecule has 1 heterocycles. The van der Waals surface area contributed by atoms with Crippen molar-refractivity contribution in [3.05, 3.63) is 65.0 Å². The van der Waals surface area contributed by atoms with Crippen LogP contribution < -0.4 is 0 Å². The topological polar surface area (TPSA) is 57.7 Å². The number of benzene rings is 2. The Kier molecular flexibility index (Phi) is 5.62. The van der Waals surface area contributed by atoms with Crippen LogP contribution in [0.5, 0.6) is 0 Å². The van der Waals surface area contributed by atoms with Crippen LogP contribution in [0.2, 0.25) is 0 Å². The molecular weight excluding hydrogens is 367 g/mol. The van der Waals surface area contributed by atoms with Crippen LogP contribution in [0.25, 0.3) is 0 Å². The normalized spacial score (nSPS) is 16.2. The average Bonchev–Trinajstić information content (AvgIpc) is 2.90. The Labute approximate surface area is 159 Å². The van der Waals surface area contributed by atoms with Crippen LogP contribution >= 0.6 is 0 Å². The molecule has 0 N–H and O–H groups in total. The molecule has 0 atom stereocenters. The first-order valence-corrected chi connectivity index (χ1v) is 10.4. The molecule has 2 aromatic carbocycles. The highest BCUT2D eigenvalue weighted by Gasteiger charge is 2.29. The Bertz CT molecular complexity index is 942. The maximum absolute atomic E-state index is 13.1. The van der Waals surface area contributed by atoms with Crippen molar-refractivity contribution in [3.63, 3.8) is 0 Å². The van der Waals surface area contributed by atoms with Gasteiger partial charge in [-0.1, -0.05) is 12.1 Å². The van der Waals surface area contributed by atoms with Crippen molar-refractivity contribution in [3.8, 4) is 0 Å². The number of carbonyl (C=O) groups is 1. The summed E-state index contributed by atoms with van der Waals surface area (Å²) in [5.41, 5.74) is 2.66. The Morgan fingerprint density at radius 1 is 0.963 bits per heavy atom. The standard InChI is InChI=1S/C20H23FN2O3S/c1-15-5-3-6-19(16(15)2)20(24)22-11-4-12-23(14-13-22)27(25,26)18-9-7-17(21)8-10-18/h3,5-10H,4,11-14H2,1-2H3. The molecule has 1 saturated heterocycles. The minimum absolute atomic E-state index is 0.0678. The van der Waals surface area contributed by atoms with Gasteiger partial charge in [-0.05, 0) is 61.7 Å². The SMILES string of the molecule is Cc1cccc(C(=O)N2CCCN(S(=O)(=O)c3ccc(F)cc3)CC2)c1C. The second-order valence-electron chi connectivity index (χ2n) is 6.75. The minimum atomic E-state index is -3.70. The minimum Gasteiger partial charge on any atom is -0.337 e. The highest BCUT2D eigenvalue weighted by molar-refractivity contribution is 7.89. The second-order valence-corrected chi connectivity index (χ2v) is 8.69. The molecule has 2 aromatic rings. The maximum atomic E-state index is 13.1. The van der Waals surface area contributed by atoms with Gasteiger partial charge in [0.25, 0.3) is 5.91 Å². The average molecular weight is 390 g/mol. The number of sulfonamides is 1. The summed E-state index contributed by atoms with van der Waals surface area (Å²) in [5, 5.41) is 0. The predicted molar refractivity (Wildman–Crippen MR) is 102 cm³/mol.